The van der Waals surface area contributed by atoms with Crippen LogP contribution in [0.1, 0.15) is 42.5 Å². The second-order valence-electron chi connectivity index (χ2n) is 6.13. The minimum atomic E-state index is -0.420. The van der Waals surface area contributed by atoms with Crippen LogP contribution < -0.4 is 16.4 Å². The van der Waals surface area contributed by atoms with Crippen molar-refractivity contribution in [3.05, 3.63) is 36.2 Å². The molecule has 2 aromatic rings. The molecule has 1 aliphatic rings. The number of carbonyl (C=O) groups is 1. The lowest BCUT2D eigenvalue weighted by molar-refractivity contribution is 0.0602. The van der Waals surface area contributed by atoms with Crippen LogP contribution in [0.4, 0.5) is 23.0 Å². The van der Waals surface area contributed by atoms with E-state index < -0.39 is 5.97 Å². The first kappa shape index (κ1) is 17.0. The molecule has 0 aliphatic heterocycles. The van der Waals surface area contributed by atoms with Crippen molar-refractivity contribution in [2.75, 3.05) is 23.5 Å². The highest BCUT2D eigenvalue weighted by molar-refractivity contribution is 5.97. The number of ether oxygens (including phenoxy) is 1. The number of hydrogen-bond acceptors (Lipinski definition) is 7. The summed E-state index contributed by atoms with van der Waals surface area (Å²) in [5.41, 5.74) is 7.69. The monoisotopic (exact) mass is 341 g/mol. The minimum Gasteiger partial charge on any atom is -0.465 e. The molecule has 0 amide bonds. The van der Waals surface area contributed by atoms with Crippen LogP contribution >= 0.6 is 0 Å². The Morgan fingerprint density at radius 2 is 1.88 bits per heavy atom. The van der Waals surface area contributed by atoms with Crippen molar-refractivity contribution in [1.29, 1.82) is 0 Å². The Kier molecular flexibility index (Phi) is 5.33. The average molecular weight is 341 g/mol. The van der Waals surface area contributed by atoms with Gasteiger partial charge in [-0.05, 0) is 25.0 Å². The molecule has 1 aliphatic carbocycles. The van der Waals surface area contributed by atoms with E-state index in [1.54, 1.807) is 18.2 Å². The molecule has 0 atom stereocenters. The number of hydrogen-bond donors (Lipinski definition) is 3. The van der Waals surface area contributed by atoms with Gasteiger partial charge in [-0.2, -0.15) is 0 Å². The average Bonchev–Trinajstić information content (AvgIpc) is 2.65. The number of anilines is 4. The molecule has 0 saturated heterocycles. The summed E-state index contributed by atoms with van der Waals surface area (Å²) in [6, 6.07) is 7.46. The Morgan fingerprint density at radius 3 is 2.64 bits per heavy atom. The third-order valence-corrected chi connectivity index (χ3v) is 4.42. The molecular formula is C18H23N5O2. The van der Waals surface area contributed by atoms with Crippen LogP contribution in [-0.4, -0.2) is 29.1 Å². The van der Waals surface area contributed by atoms with Crippen molar-refractivity contribution in [2.24, 2.45) is 0 Å². The van der Waals surface area contributed by atoms with E-state index in [0.29, 0.717) is 34.6 Å². The Bertz CT molecular complexity index is 744. The lowest BCUT2D eigenvalue weighted by Crippen LogP contribution is -2.23. The first-order valence-electron chi connectivity index (χ1n) is 8.50. The summed E-state index contributed by atoms with van der Waals surface area (Å²) in [6.07, 6.45) is 7.44. The Hall–Kier alpha value is -2.83. The van der Waals surface area contributed by atoms with Gasteiger partial charge in [-0.3, -0.25) is 0 Å². The van der Waals surface area contributed by atoms with Gasteiger partial charge in [-0.1, -0.05) is 31.4 Å². The fraction of sp³-hybridized carbons (Fsp3) is 0.389. The van der Waals surface area contributed by atoms with Crippen molar-refractivity contribution < 1.29 is 9.53 Å². The number of methoxy groups -OCH3 is 1. The van der Waals surface area contributed by atoms with E-state index >= 15 is 0 Å². The van der Waals surface area contributed by atoms with E-state index in [1.807, 2.05) is 6.07 Å². The van der Waals surface area contributed by atoms with Crippen LogP contribution in [0.3, 0.4) is 0 Å². The second-order valence-corrected chi connectivity index (χ2v) is 6.13. The normalized spacial score (nSPS) is 14.8. The van der Waals surface area contributed by atoms with Gasteiger partial charge in [0.25, 0.3) is 0 Å². The predicted molar refractivity (Wildman–Crippen MR) is 98.0 cm³/mol. The van der Waals surface area contributed by atoms with Crippen molar-refractivity contribution in [2.45, 2.75) is 38.1 Å². The Labute approximate surface area is 147 Å². The molecule has 3 rings (SSSR count). The number of nitrogens with two attached hydrogens (primary N) is 1. The first-order chi connectivity index (χ1) is 12.2. The number of rotatable bonds is 5. The third kappa shape index (κ3) is 3.99. The largest absolute Gasteiger partial charge is 0.465 e. The van der Waals surface area contributed by atoms with E-state index in [9.17, 15) is 4.79 Å². The summed E-state index contributed by atoms with van der Waals surface area (Å²) in [4.78, 5) is 20.4. The van der Waals surface area contributed by atoms with Crippen LogP contribution in [0, 0.1) is 0 Å². The van der Waals surface area contributed by atoms with Gasteiger partial charge in [-0.25, -0.2) is 14.8 Å². The van der Waals surface area contributed by atoms with E-state index in [2.05, 4.69) is 20.6 Å². The molecule has 1 aromatic carbocycles. The summed E-state index contributed by atoms with van der Waals surface area (Å²) in [5.74, 6) is 0.667. The quantitative estimate of drug-likeness (QED) is 0.717. The number of carbonyl (C=O) groups excluding carboxylic acids is 1. The molecule has 7 heteroatoms. The second kappa shape index (κ2) is 7.83. The van der Waals surface area contributed by atoms with Crippen LogP contribution in [0.5, 0.6) is 0 Å². The number of para-hydroxylation sites is 1. The van der Waals surface area contributed by atoms with Crippen molar-refractivity contribution in [3.63, 3.8) is 0 Å². The van der Waals surface area contributed by atoms with Gasteiger partial charge in [0.1, 0.15) is 12.0 Å². The number of nitrogens with one attached hydrogen (secondary N) is 2. The standard InChI is InChI=1S/C18H23N5O2/c1-25-18(24)13-9-5-6-10-14(13)23-17-15(19)16(20-11-21-17)22-12-7-3-2-4-8-12/h5-6,9-12H,2-4,7-8,19H2,1H3,(H2,20,21,22,23). The van der Waals surface area contributed by atoms with Gasteiger partial charge in [0.15, 0.2) is 11.6 Å². The molecule has 0 radical (unpaired) electrons. The molecule has 7 nitrogen and oxygen atoms in total. The SMILES string of the molecule is COC(=O)c1ccccc1Nc1ncnc(NC2CCCCC2)c1N. The summed E-state index contributed by atoms with van der Waals surface area (Å²) >= 11 is 0. The van der Waals surface area contributed by atoms with Gasteiger partial charge in [0.05, 0.1) is 18.4 Å². The summed E-state index contributed by atoms with van der Waals surface area (Å²) in [6.45, 7) is 0. The fourth-order valence-electron chi connectivity index (χ4n) is 3.06. The van der Waals surface area contributed by atoms with Gasteiger partial charge < -0.3 is 21.1 Å². The molecule has 0 bridgehead atoms. The summed E-state index contributed by atoms with van der Waals surface area (Å²) < 4.78 is 4.81. The van der Waals surface area contributed by atoms with Gasteiger partial charge in [0, 0.05) is 6.04 Å². The van der Waals surface area contributed by atoms with Crippen LogP contribution in [-0.2, 0) is 4.74 Å². The highest BCUT2D eigenvalue weighted by Crippen LogP contribution is 2.29. The maximum absolute atomic E-state index is 11.9. The Balaban J connectivity index is 1.82. The molecule has 1 heterocycles. The molecular weight excluding hydrogens is 318 g/mol. The highest BCUT2D eigenvalue weighted by Gasteiger charge is 2.17. The molecule has 4 N–H and O–H groups in total. The molecule has 1 saturated carbocycles. The fourth-order valence-corrected chi connectivity index (χ4v) is 3.06. The maximum Gasteiger partial charge on any atom is 0.339 e. The van der Waals surface area contributed by atoms with Crippen LogP contribution in [0.25, 0.3) is 0 Å². The van der Waals surface area contributed by atoms with Gasteiger partial charge >= 0.3 is 5.97 Å². The molecule has 1 fully saturated rings. The van der Waals surface area contributed by atoms with Crippen LogP contribution in [0.15, 0.2) is 30.6 Å². The summed E-state index contributed by atoms with van der Waals surface area (Å²) in [7, 11) is 1.35. The molecule has 0 unspecified atom stereocenters. The number of benzene rings is 1. The number of nitrogens with zero attached hydrogens (tertiary/aromatic N) is 2. The van der Waals surface area contributed by atoms with E-state index in [1.165, 1.54) is 32.7 Å². The zero-order chi connectivity index (χ0) is 17.6. The smallest absolute Gasteiger partial charge is 0.339 e. The van der Waals surface area contributed by atoms with Crippen molar-refractivity contribution in [3.8, 4) is 0 Å². The van der Waals surface area contributed by atoms with Gasteiger partial charge in [0.2, 0.25) is 0 Å². The zero-order valence-corrected chi connectivity index (χ0v) is 14.3. The summed E-state index contributed by atoms with van der Waals surface area (Å²) in [5, 5.41) is 6.53. The third-order valence-electron chi connectivity index (χ3n) is 4.42. The lowest BCUT2D eigenvalue weighted by atomic mass is 9.95. The van der Waals surface area contributed by atoms with E-state index in [4.69, 9.17) is 10.5 Å². The van der Waals surface area contributed by atoms with Crippen LogP contribution in [0.2, 0.25) is 0 Å². The minimum absolute atomic E-state index is 0.390. The zero-order valence-electron chi connectivity index (χ0n) is 14.3. The van der Waals surface area contributed by atoms with Gasteiger partial charge in [-0.15, -0.1) is 0 Å². The molecule has 25 heavy (non-hydrogen) atoms. The predicted octanol–water partition coefficient (Wildman–Crippen LogP) is 3.33. The topological polar surface area (TPSA) is 102 Å². The number of nitrogen functional groups attached to an aromatic ring is 1. The number of esters is 1. The number of aromatic nitrogens is 2. The van der Waals surface area contributed by atoms with E-state index in [-0.39, 0.29) is 0 Å². The maximum atomic E-state index is 11.9. The first-order valence-corrected chi connectivity index (χ1v) is 8.50. The van der Waals surface area contributed by atoms with Crippen molar-refractivity contribution >= 4 is 29.0 Å². The van der Waals surface area contributed by atoms with E-state index in [0.717, 1.165) is 12.8 Å². The van der Waals surface area contributed by atoms with Crippen molar-refractivity contribution in [1.82, 2.24) is 9.97 Å². The molecule has 132 valence electrons. The lowest BCUT2D eigenvalue weighted by Gasteiger charge is -2.24. The highest BCUT2D eigenvalue weighted by atomic mass is 16.5. The molecule has 0 spiro atoms. The Morgan fingerprint density at radius 1 is 1.16 bits per heavy atom. The molecule has 1 aromatic heterocycles.